The Bertz CT molecular complexity index is 1090. The van der Waals surface area contributed by atoms with Crippen molar-refractivity contribution >= 4 is 34.1 Å². The Morgan fingerprint density at radius 3 is 2.48 bits per heavy atom. The van der Waals surface area contributed by atoms with Crippen LogP contribution in [0.25, 0.3) is 0 Å². The van der Waals surface area contributed by atoms with Gasteiger partial charge in [0, 0.05) is 16.8 Å². The van der Waals surface area contributed by atoms with Crippen LogP contribution in [0.2, 0.25) is 0 Å². The summed E-state index contributed by atoms with van der Waals surface area (Å²) in [6.45, 7) is 9.02. The molecule has 0 saturated carbocycles. The average molecular weight is 431 g/mol. The van der Waals surface area contributed by atoms with E-state index < -0.39 is 0 Å². The molecule has 31 heavy (non-hydrogen) atoms. The number of carbonyl (C=O) groups excluding carboxylic acids is 1. The quantitative estimate of drug-likeness (QED) is 0.437. The van der Waals surface area contributed by atoms with Gasteiger partial charge in [0.05, 0.1) is 5.56 Å². The molecule has 0 spiro atoms. The van der Waals surface area contributed by atoms with E-state index in [0.29, 0.717) is 5.92 Å². The summed E-state index contributed by atoms with van der Waals surface area (Å²) in [5.41, 5.74) is 5.28. The largest absolute Gasteiger partial charge is 0.322 e. The molecule has 0 radical (unpaired) electrons. The monoisotopic (exact) mass is 430 g/mol. The standard InChI is InChI=1S/C27H30N2OS/c1-18-10-12-19(13-11-18)17-28-26-24(25(30)29-21-8-6-5-7-9-21)22-15-14-20(27(2,3)4)16-23(22)31-26/h5-13,17,20H,14-16H2,1-4H3,(H,29,30)/t20-/m0/s1. The number of thiophene rings is 1. The number of fused-ring (bicyclic) bond motifs is 1. The molecular formula is C27H30N2OS. The van der Waals surface area contributed by atoms with Gasteiger partial charge in [-0.3, -0.25) is 4.79 Å². The lowest BCUT2D eigenvalue weighted by Gasteiger charge is -2.33. The summed E-state index contributed by atoms with van der Waals surface area (Å²) in [6, 6.07) is 17.9. The van der Waals surface area contributed by atoms with Crippen LogP contribution in [-0.4, -0.2) is 12.1 Å². The van der Waals surface area contributed by atoms with Gasteiger partial charge < -0.3 is 5.32 Å². The van der Waals surface area contributed by atoms with Crippen molar-refractivity contribution in [2.24, 2.45) is 16.3 Å². The number of rotatable bonds is 4. The molecule has 1 aliphatic carbocycles. The SMILES string of the molecule is Cc1ccc(C=Nc2sc3c(c2C(=O)Nc2ccccc2)CC[C@H](C(C)(C)C)C3)cc1. The van der Waals surface area contributed by atoms with E-state index in [9.17, 15) is 4.79 Å². The first kappa shape index (κ1) is 21.5. The first-order chi connectivity index (χ1) is 14.8. The molecule has 3 aromatic rings. The minimum Gasteiger partial charge on any atom is -0.322 e. The minimum absolute atomic E-state index is 0.0611. The maximum atomic E-state index is 13.3. The number of nitrogens with one attached hydrogen (secondary N) is 1. The van der Waals surface area contributed by atoms with E-state index in [4.69, 9.17) is 4.99 Å². The van der Waals surface area contributed by atoms with Crippen molar-refractivity contribution in [3.63, 3.8) is 0 Å². The maximum Gasteiger partial charge on any atom is 0.259 e. The maximum absolute atomic E-state index is 13.3. The molecule has 1 aliphatic rings. The van der Waals surface area contributed by atoms with Crippen molar-refractivity contribution in [2.45, 2.75) is 47.0 Å². The van der Waals surface area contributed by atoms with Gasteiger partial charge >= 0.3 is 0 Å². The predicted molar refractivity (Wildman–Crippen MR) is 132 cm³/mol. The van der Waals surface area contributed by atoms with Crippen LogP contribution >= 0.6 is 11.3 Å². The van der Waals surface area contributed by atoms with E-state index in [-0.39, 0.29) is 11.3 Å². The fraction of sp³-hybridized carbons (Fsp3) is 0.333. The van der Waals surface area contributed by atoms with Crippen molar-refractivity contribution in [1.82, 2.24) is 0 Å². The molecule has 0 aliphatic heterocycles. The second-order valence-electron chi connectivity index (χ2n) is 9.48. The van der Waals surface area contributed by atoms with Gasteiger partial charge in [0.25, 0.3) is 5.91 Å². The van der Waals surface area contributed by atoms with Gasteiger partial charge in [0.15, 0.2) is 0 Å². The summed E-state index contributed by atoms with van der Waals surface area (Å²) in [6.07, 6.45) is 4.94. The Morgan fingerprint density at radius 2 is 1.81 bits per heavy atom. The molecule has 0 saturated heterocycles. The molecule has 1 heterocycles. The molecule has 2 aromatic carbocycles. The fourth-order valence-corrected chi connectivity index (χ4v) is 5.41. The predicted octanol–water partition coefficient (Wildman–Crippen LogP) is 7.21. The smallest absolute Gasteiger partial charge is 0.259 e. The third-order valence-electron chi connectivity index (χ3n) is 6.14. The van der Waals surface area contributed by atoms with Crippen LogP contribution in [0, 0.1) is 18.3 Å². The van der Waals surface area contributed by atoms with Crippen molar-refractivity contribution in [1.29, 1.82) is 0 Å². The normalized spacial score (nSPS) is 16.3. The summed E-state index contributed by atoms with van der Waals surface area (Å²) in [5, 5.41) is 3.89. The van der Waals surface area contributed by atoms with Gasteiger partial charge in [0.1, 0.15) is 5.00 Å². The van der Waals surface area contributed by atoms with Gasteiger partial charge in [0.2, 0.25) is 0 Å². The molecule has 1 atom stereocenters. The molecule has 3 nitrogen and oxygen atoms in total. The van der Waals surface area contributed by atoms with Crippen LogP contribution in [0.1, 0.15) is 59.1 Å². The van der Waals surface area contributed by atoms with Gasteiger partial charge in [-0.15, -0.1) is 11.3 Å². The Balaban J connectivity index is 1.69. The lowest BCUT2D eigenvalue weighted by Crippen LogP contribution is -2.27. The lowest BCUT2D eigenvalue weighted by molar-refractivity contribution is 0.102. The van der Waals surface area contributed by atoms with Crippen LogP contribution in [0.3, 0.4) is 0 Å². The number of hydrogen-bond donors (Lipinski definition) is 1. The molecule has 0 unspecified atom stereocenters. The van der Waals surface area contributed by atoms with Crippen molar-refractivity contribution < 1.29 is 4.79 Å². The third-order valence-corrected chi connectivity index (χ3v) is 7.30. The van der Waals surface area contributed by atoms with Gasteiger partial charge in [-0.1, -0.05) is 68.8 Å². The summed E-state index contributed by atoms with van der Waals surface area (Å²) >= 11 is 1.68. The van der Waals surface area contributed by atoms with Crippen LogP contribution in [0.5, 0.6) is 0 Å². The molecular weight excluding hydrogens is 400 g/mol. The van der Waals surface area contributed by atoms with Gasteiger partial charge in [-0.2, -0.15) is 0 Å². The second-order valence-corrected chi connectivity index (χ2v) is 10.6. The highest BCUT2D eigenvalue weighted by Gasteiger charge is 2.33. The first-order valence-electron chi connectivity index (χ1n) is 10.9. The molecule has 4 rings (SSSR count). The number of benzene rings is 2. The molecule has 1 amide bonds. The highest BCUT2D eigenvalue weighted by Crippen LogP contribution is 2.45. The lowest BCUT2D eigenvalue weighted by atomic mass is 9.72. The minimum atomic E-state index is -0.0611. The molecule has 1 N–H and O–H groups in total. The Labute approximate surface area is 189 Å². The Hall–Kier alpha value is -2.72. The summed E-state index contributed by atoms with van der Waals surface area (Å²) < 4.78 is 0. The number of aryl methyl sites for hydroxylation is 1. The molecule has 1 aromatic heterocycles. The van der Waals surface area contributed by atoms with E-state index in [0.717, 1.165) is 41.1 Å². The third kappa shape index (κ3) is 4.96. The number of carbonyl (C=O) groups is 1. The van der Waals surface area contributed by atoms with E-state index in [1.807, 2.05) is 36.5 Å². The van der Waals surface area contributed by atoms with E-state index >= 15 is 0 Å². The number of nitrogens with zero attached hydrogens (tertiary/aromatic N) is 1. The number of aliphatic imine (C=N–C) groups is 1. The Kier molecular flexibility index (Phi) is 6.10. The topological polar surface area (TPSA) is 41.5 Å². The van der Waals surface area contributed by atoms with Crippen molar-refractivity contribution in [3.05, 3.63) is 81.7 Å². The van der Waals surface area contributed by atoms with E-state index in [1.54, 1.807) is 11.3 Å². The zero-order chi connectivity index (χ0) is 22.0. The fourth-order valence-electron chi connectivity index (χ4n) is 4.14. The van der Waals surface area contributed by atoms with Gasteiger partial charge in [-0.05, 0) is 60.8 Å². The van der Waals surface area contributed by atoms with Gasteiger partial charge in [-0.25, -0.2) is 4.99 Å². The first-order valence-corrected chi connectivity index (χ1v) is 11.7. The molecule has 0 bridgehead atoms. The number of anilines is 1. The zero-order valence-corrected chi connectivity index (χ0v) is 19.6. The van der Waals surface area contributed by atoms with Crippen molar-refractivity contribution in [3.8, 4) is 0 Å². The zero-order valence-electron chi connectivity index (χ0n) is 18.7. The van der Waals surface area contributed by atoms with Crippen LogP contribution in [0.15, 0.2) is 59.6 Å². The van der Waals surface area contributed by atoms with Crippen LogP contribution in [0.4, 0.5) is 10.7 Å². The summed E-state index contributed by atoms with van der Waals surface area (Å²) in [4.78, 5) is 19.4. The highest BCUT2D eigenvalue weighted by atomic mass is 32.1. The van der Waals surface area contributed by atoms with E-state index in [1.165, 1.54) is 16.0 Å². The number of para-hydroxylation sites is 1. The molecule has 160 valence electrons. The number of hydrogen-bond acceptors (Lipinski definition) is 3. The number of amides is 1. The van der Waals surface area contributed by atoms with Crippen LogP contribution < -0.4 is 5.32 Å². The summed E-state index contributed by atoms with van der Waals surface area (Å²) in [7, 11) is 0. The van der Waals surface area contributed by atoms with Crippen LogP contribution in [-0.2, 0) is 12.8 Å². The second kappa shape index (κ2) is 8.80. The molecule has 4 heteroatoms. The Morgan fingerprint density at radius 1 is 1.10 bits per heavy atom. The average Bonchev–Trinajstić information content (AvgIpc) is 3.11. The van der Waals surface area contributed by atoms with E-state index in [2.05, 4.69) is 57.3 Å². The van der Waals surface area contributed by atoms with Crippen molar-refractivity contribution in [2.75, 3.05) is 5.32 Å². The molecule has 0 fully saturated rings. The highest BCUT2D eigenvalue weighted by molar-refractivity contribution is 7.16. The summed E-state index contributed by atoms with van der Waals surface area (Å²) in [5.74, 6) is 0.562.